The molecule has 0 spiro atoms. The van der Waals surface area contributed by atoms with Crippen LogP contribution < -0.4 is 25.4 Å². The lowest BCUT2D eigenvalue weighted by atomic mass is 10.2. The number of nitrogen functional groups attached to an aromatic ring is 1. The topological polar surface area (TPSA) is 121 Å². The van der Waals surface area contributed by atoms with E-state index in [9.17, 15) is 4.79 Å². The van der Waals surface area contributed by atoms with E-state index in [1.807, 2.05) is 31.2 Å². The minimum Gasteiger partial charge on any atom is -0.493 e. The van der Waals surface area contributed by atoms with Crippen molar-refractivity contribution in [2.24, 2.45) is 5.10 Å². The van der Waals surface area contributed by atoms with Crippen LogP contribution in [0.15, 0.2) is 46.0 Å². The third kappa shape index (κ3) is 6.66. The Kier molecular flexibility index (Phi) is 8.40. The van der Waals surface area contributed by atoms with Crippen molar-refractivity contribution in [1.29, 1.82) is 0 Å². The lowest BCUT2D eigenvalue weighted by Gasteiger charge is -2.14. The van der Waals surface area contributed by atoms with E-state index in [2.05, 4.69) is 36.7 Å². The smallest absolute Gasteiger partial charge is 0.247 e. The van der Waals surface area contributed by atoms with Crippen LogP contribution in [0.25, 0.3) is 0 Å². The number of methoxy groups -OCH3 is 1. The van der Waals surface area contributed by atoms with E-state index in [0.717, 1.165) is 22.6 Å². The van der Waals surface area contributed by atoms with Crippen molar-refractivity contribution in [2.75, 3.05) is 26.1 Å². The van der Waals surface area contributed by atoms with Crippen LogP contribution in [0.2, 0.25) is 0 Å². The number of benzene rings is 2. The normalized spacial score (nSPS) is 10.8. The van der Waals surface area contributed by atoms with Gasteiger partial charge in [-0.15, -0.1) is 10.2 Å². The third-order valence-corrected chi connectivity index (χ3v) is 5.47. The number of anilines is 1. The molecular weight excluding hydrogens is 498 g/mol. The molecular formula is C21H22BrN5O4S. The molecule has 1 aromatic heterocycles. The molecule has 11 heteroatoms. The molecule has 3 N–H and O–H groups in total. The van der Waals surface area contributed by atoms with Gasteiger partial charge >= 0.3 is 0 Å². The number of hydrogen-bond acceptors (Lipinski definition) is 9. The molecule has 0 aliphatic heterocycles. The summed E-state index contributed by atoms with van der Waals surface area (Å²) in [5, 5.41) is 12.3. The van der Waals surface area contributed by atoms with Crippen molar-refractivity contribution in [3.8, 4) is 17.2 Å². The lowest BCUT2D eigenvalue weighted by molar-refractivity contribution is -0.120. The van der Waals surface area contributed by atoms with Gasteiger partial charge in [0, 0.05) is 0 Å². The van der Waals surface area contributed by atoms with Gasteiger partial charge in [-0.3, -0.25) is 4.79 Å². The Bertz CT molecular complexity index is 1110. The highest BCUT2D eigenvalue weighted by Crippen LogP contribution is 2.36. The summed E-state index contributed by atoms with van der Waals surface area (Å²) in [6.07, 6.45) is 1.56. The average Bonchev–Trinajstić information content (AvgIpc) is 3.17. The minimum atomic E-state index is -0.322. The second kappa shape index (κ2) is 11.4. The van der Waals surface area contributed by atoms with Crippen molar-refractivity contribution in [3.05, 3.63) is 57.0 Å². The van der Waals surface area contributed by atoms with E-state index in [1.54, 1.807) is 19.2 Å². The summed E-state index contributed by atoms with van der Waals surface area (Å²) in [5.41, 5.74) is 9.72. The van der Waals surface area contributed by atoms with Crippen LogP contribution >= 0.6 is 27.3 Å². The van der Waals surface area contributed by atoms with Crippen LogP contribution in [0.1, 0.15) is 16.1 Å². The monoisotopic (exact) mass is 519 g/mol. The van der Waals surface area contributed by atoms with Gasteiger partial charge in [0.1, 0.15) is 24.0 Å². The molecule has 0 saturated carbocycles. The summed E-state index contributed by atoms with van der Waals surface area (Å²) in [5.74, 6) is 1.57. The number of ether oxygens (including phenoxy) is 3. The van der Waals surface area contributed by atoms with Gasteiger partial charge in [-0.05, 0) is 52.2 Å². The number of hydrogen-bond donors (Lipinski definition) is 2. The van der Waals surface area contributed by atoms with Gasteiger partial charge in [-0.1, -0.05) is 29.5 Å². The van der Waals surface area contributed by atoms with E-state index >= 15 is 0 Å². The fraction of sp³-hybridized carbons (Fsp3) is 0.238. The summed E-state index contributed by atoms with van der Waals surface area (Å²) in [6, 6.07) is 11.4. The Balaban J connectivity index is 1.54. The third-order valence-electron chi connectivity index (χ3n) is 4.13. The Morgan fingerprint density at radius 2 is 2.00 bits per heavy atom. The average molecular weight is 520 g/mol. The number of aryl methyl sites for hydroxylation is 1. The van der Waals surface area contributed by atoms with Gasteiger partial charge in [0.05, 0.1) is 24.2 Å². The molecule has 1 heterocycles. The number of rotatable bonds is 10. The predicted molar refractivity (Wildman–Crippen MR) is 127 cm³/mol. The van der Waals surface area contributed by atoms with Gasteiger partial charge in [0.15, 0.2) is 11.5 Å². The number of para-hydroxylation sites is 1. The van der Waals surface area contributed by atoms with Crippen molar-refractivity contribution in [2.45, 2.75) is 13.3 Å². The van der Waals surface area contributed by atoms with Crippen LogP contribution in [0, 0.1) is 6.92 Å². The summed E-state index contributed by atoms with van der Waals surface area (Å²) in [7, 11) is 1.55. The van der Waals surface area contributed by atoms with Crippen molar-refractivity contribution in [1.82, 2.24) is 15.6 Å². The van der Waals surface area contributed by atoms with E-state index in [-0.39, 0.29) is 12.3 Å². The summed E-state index contributed by atoms with van der Waals surface area (Å²) >= 11 is 4.65. The number of hydrazone groups is 1. The largest absolute Gasteiger partial charge is 0.493 e. The number of nitrogens with two attached hydrogens (primary N) is 1. The van der Waals surface area contributed by atoms with E-state index < -0.39 is 0 Å². The number of aromatic nitrogens is 2. The highest BCUT2D eigenvalue weighted by molar-refractivity contribution is 9.10. The highest BCUT2D eigenvalue weighted by Gasteiger charge is 2.12. The molecule has 0 radical (unpaired) electrons. The summed E-state index contributed by atoms with van der Waals surface area (Å²) < 4.78 is 17.7. The zero-order chi connectivity index (χ0) is 22.9. The Labute approximate surface area is 197 Å². The van der Waals surface area contributed by atoms with Crippen molar-refractivity contribution < 1.29 is 19.0 Å². The van der Waals surface area contributed by atoms with Crippen molar-refractivity contribution in [3.63, 3.8) is 0 Å². The molecule has 0 aliphatic rings. The summed E-state index contributed by atoms with van der Waals surface area (Å²) in [4.78, 5) is 11.9. The fourth-order valence-corrected chi connectivity index (χ4v) is 3.84. The number of carbonyl (C=O) groups excluding carboxylic acids is 1. The van der Waals surface area contributed by atoms with Gasteiger partial charge < -0.3 is 19.9 Å². The zero-order valence-corrected chi connectivity index (χ0v) is 19.9. The molecule has 0 fully saturated rings. The van der Waals surface area contributed by atoms with E-state index in [0.29, 0.717) is 44.9 Å². The number of amides is 1. The highest BCUT2D eigenvalue weighted by atomic mass is 79.9. The predicted octanol–water partition coefficient (Wildman–Crippen LogP) is 3.35. The van der Waals surface area contributed by atoms with Crippen LogP contribution in [0.3, 0.4) is 0 Å². The number of carbonyl (C=O) groups is 1. The molecule has 168 valence electrons. The lowest BCUT2D eigenvalue weighted by Crippen LogP contribution is -2.19. The maximum Gasteiger partial charge on any atom is 0.247 e. The first-order valence-corrected chi connectivity index (χ1v) is 11.2. The maximum atomic E-state index is 11.9. The fourth-order valence-electron chi connectivity index (χ4n) is 2.66. The summed E-state index contributed by atoms with van der Waals surface area (Å²) in [6.45, 7) is 2.71. The Hall–Kier alpha value is -3.18. The van der Waals surface area contributed by atoms with E-state index in [1.165, 1.54) is 6.21 Å². The second-order valence-corrected chi connectivity index (χ2v) is 8.45. The number of halogens is 1. The number of nitrogens with one attached hydrogen (secondary N) is 1. The molecule has 1 amide bonds. The molecule has 0 atom stereocenters. The maximum absolute atomic E-state index is 11.9. The Morgan fingerprint density at radius 1 is 1.22 bits per heavy atom. The van der Waals surface area contributed by atoms with Gasteiger partial charge in [0.2, 0.25) is 11.0 Å². The van der Waals surface area contributed by atoms with E-state index in [4.69, 9.17) is 19.9 Å². The molecule has 0 saturated heterocycles. The van der Waals surface area contributed by atoms with Crippen LogP contribution in [-0.4, -0.2) is 42.6 Å². The first kappa shape index (κ1) is 23.5. The molecule has 0 bridgehead atoms. The molecule has 0 aliphatic carbocycles. The molecule has 3 rings (SSSR count). The number of nitrogens with zero attached hydrogens (tertiary/aromatic N) is 3. The van der Waals surface area contributed by atoms with Gasteiger partial charge in [-0.2, -0.15) is 5.10 Å². The first-order valence-electron chi connectivity index (χ1n) is 9.54. The van der Waals surface area contributed by atoms with Gasteiger partial charge in [0.25, 0.3) is 0 Å². The zero-order valence-electron chi connectivity index (χ0n) is 17.5. The minimum absolute atomic E-state index is 0.0522. The Morgan fingerprint density at radius 3 is 2.72 bits per heavy atom. The molecule has 2 aromatic carbocycles. The molecule has 0 unspecified atom stereocenters. The molecule has 3 aromatic rings. The standard InChI is InChI=1S/C21H22BrN5O4S/c1-13-5-3-4-6-16(13)30-7-8-31-20-15(22)9-14(10-17(20)29-2)12-24-25-18(28)11-19-26-27-21(23)32-19/h3-6,9-10,12H,7-8,11H2,1-2H3,(H2,23,27)(H,25,28)/b24-12+. The van der Waals surface area contributed by atoms with Crippen LogP contribution in [-0.2, 0) is 11.2 Å². The van der Waals surface area contributed by atoms with Gasteiger partial charge in [-0.25, -0.2) is 5.43 Å². The quantitative estimate of drug-likeness (QED) is 0.239. The van der Waals surface area contributed by atoms with Crippen molar-refractivity contribution >= 4 is 44.5 Å². The SMILES string of the molecule is COc1cc(/C=N/NC(=O)Cc2nnc(N)s2)cc(Br)c1OCCOc1ccccc1C. The van der Waals surface area contributed by atoms with Crippen LogP contribution in [0.5, 0.6) is 17.2 Å². The second-order valence-electron chi connectivity index (χ2n) is 6.50. The first-order chi connectivity index (χ1) is 15.5. The molecule has 32 heavy (non-hydrogen) atoms. The van der Waals surface area contributed by atoms with Crippen LogP contribution in [0.4, 0.5) is 5.13 Å². The molecule has 9 nitrogen and oxygen atoms in total.